The molecule has 5 nitrogen and oxygen atoms in total. The van der Waals surface area contributed by atoms with Crippen molar-refractivity contribution in [3.63, 3.8) is 0 Å². The average molecular weight is 392 g/mol. The third kappa shape index (κ3) is 3.21. The van der Waals surface area contributed by atoms with Crippen LogP contribution < -0.4 is 10.7 Å². The van der Waals surface area contributed by atoms with Crippen LogP contribution in [0.15, 0.2) is 65.8 Å². The zero-order valence-electron chi connectivity index (χ0n) is 15.8. The molecule has 0 amide bonds. The second-order valence-corrected chi connectivity index (χ2v) is 8.45. The smallest absolute Gasteiger partial charge is 0.191 e. The molecule has 2 atom stereocenters. The van der Waals surface area contributed by atoms with Crippen LogP contribution in [0, 0.1) is 5.92 Å². The van der Waals surface area contributed by atoms with Crippen molar-refractivity contribution in [1.29, 1.82) is 0 Å². The summed E-state index contributed by atoms with van der Waals surface area (Å²) in [5.41, 5.74) is 6.67. The first-order valence-electron chi connectivity index (χ1n) is 9.93. The average Bonchev–Trinajstić information content (AvgIpc) is 2.97. The van der Waals surface area contributed by atoms with Crippen LogP contribution in [0.25, 0.3) is 0 Å². The van der Waals surface area contributed by atoms with E-state index in [-0.39, 0.29) is 5.41 Å². The largest absolute Gasteiger partial charge is 0.331 e. The second kappa shape index (κ2) is 7.28. The van der Waals surface area contributed by atoms with E-state index >= 15 is 0 Å². The fourth-order valence-electron chi connectivity index (χ4n) is 5.05. The Morgan fingerprint density at radius 2 is 1.54 bits per heavy atom. The number of para-hydroxylation sites is 1. The SMILES string of the molecule is S=C(NN=C1C2CN3CCN(C2)CC1(c1ccccc1)C3)Nc1ccccc1. The van der Waals surface area contributed by atoms with Crippen LogP contribution in [-0.4, -0.2) is 59.9 Å². The third-order valence-electron chi connectivity index (χ3n) is 6.19. The van der Waals surface area contributed by atoms with Crippen molar-refractivity contribution >= 4 is 28.7 Å². The van der Waals surface area contributed by atoms with E-state index in [0.717, 1.165) is 45.0 Å². The topological polar surface area (TPSA) is 42.9 Å². The highest BCUT2D eigenvalue weighted by atomic mass is 32.1. The van der Waals surface area contributed by atoms with Crippen LogP contribution in [-0.2, 0) is 5.41 Å². The van der Waals surface area contributed by atoms with Gasteiger partial charge in [-0.3, -0.25) is 5.43 Å². The number of hydrogen-bond acceptors (Lipinski definition) is 4. The predicted molar refractivity (Wildman–Crippen MR) is 118 cm³/mol. The van der Waals surface area contributed by atoms with Gasteiger partial charge in [0.2, 0.25) is 0 Å². The maximum absolute atomic E-state index is 5.50. The van der Waals surface area contributed by atoms with Crippen molar-refractivity contribution < 1.29 is 0 Å². The standard InChI is InChI=1S/C22H25N5S/c28-21(23-19-9-5-2-6-10-19)25-24-20-17-13-26-11-12-27(14-17)16-22(20,15-26)18-7-3-1-4-8-18/h1-10,17H,11-16H2,(H2,23,25,28). The molecule has 4 aliphatic rings. The number of nitrogens with one attached hydrogen (secondary N) is 2. The predicted octanol–water partition coefficient (Wildman–Crippen LogP) is 2.53. The first-order valence-corrected chi connectivity index (χ1v) is 10.3. The number of thiocarbonyl (C=S) groups is 1. The van der Waals surface area contributed by atoms with E-state index in [2.05, 4.69) is 50.9 Å². The third-order valence-corrected chi connectivity index (χ3v) is 6.38. The first-order chi connectivity index (χ1) is 13.7. The van der Waals surface area contributed by atoms with Gasteiger partial charge in [0.15, 0.2) is 5.11 Å². The summed E-state index contributed by atoms with van der Waals surface area (Å²) < 4.78 is 0. The number of hydrogen-bond donors (Lipinski definition) is 2. The molecule has 0 aliphatic carbocycles. The monoisotopic (exact) mass is 391 g/mol. The Hall–Kier alpha value is -2.28. The number of hydrazone groups is 1. The highest BCUT2D eigenvalue weighted by molar-refractivity contribution is 7.80. The maximum Gasteiger partial charge on any atom is 0.191 e. The molecule has 4 heterocycles. The fourth-order valence-corrected chi connectivity index (χ4v) is 5.21. The number of piperidine rings is 2. The van der Waals surface area contributed by atoms with Crippen molar-refractivity contribution in [1.82, 2.24) is 15.2 Å². The Morgan fingerprint density at radius 3 is 2.18 bits per heavy atom. The van der Waals surface area contributed by atoms with Gasteiger partial charge in [-0.05, 0) is 29.9 Å². The fraction of sp³-hybridized carbons (Fsp3) is 0.364. The normalized spacial score (nSPS) is 32.1. The van der Waals surface area contributed by atoms with E-state index in [1.807, 2.05) is 30.3 Å². The molecule has 6 heteroatoms. The summed E-state index contributed by atoms with van der Waals surface area (Å²) in [5, 5.41) is 8.68. The van der Waals surface area contributed by atoms with Crippen molar-refractivity contribution in [3.05, 3.63) is 66.2 Å². The molecule has 4 saturated heterocycles. The summed E-state index contributed by atoms with van der Waals surface area (Å²) in [7, 11) is 0. The van der Waals surface area contributed by atoms with Crippen molar-refractivity contribution in [2.45, 2.75) is 5.41 Å². The molecule has 2 N–H and O–H groups in total. The zero-order chi connectivity index (χ0) is 19.0. The molecule has 0 radical (unpaired) electrons. The van der Waals surface area contributed by atoms with E-state index in [1.165, 1.54) is 11.3 Å². The first kappa shape index (κ1) is 17.8. The molecule has 4 fully saturated rings. The summed E-state index contributed by atoms with van der Waals surface area (Å²) in [6.45, 7) is 6.54. The quantitative estimate of drug-likeness (QED) is 0.622. The Bertz CT molecular complexity index is 866. The number of anilines is 1. The van der Waals surface area contributed by atoms with E-state index in [1.54, 1.807) is 0 Å². The Kier molecular flexibility index (Phi) is 4.62. The lowest BCUT2D eigenvalue weighted by atomic mass is 9.66. The molecule has 2 unspecified atom stereocenters. The molecule has 2 aromatic rings. The minimum Gasteiger partial charge on any atom is -0.331 e. The molecule has 0 aromatic heterocycles. The summed E-state index contributed by atoms with van der Waals surface area (Å²) in [6, 6.07) is 20.9. The van der Waals surface area contributed by atoms with Gasteiger partial charge >= 0.3 is 0 Å². The number of rotatable bonds is 3. The van der Waals surface area contributed by atoms with Crippen LogP contribution in [0.3, 0.4) is 0 Å². The van der Waals surface area contributed by atoms with Crippen molar-refractivity contribution in [2.75, 3.05) is 44.6 Å². The van der Waals surface area contributed by atoms with E-state index in [4.69, 9.17) is 17.3 Å². The van der Waals surface area contributed by atoms with Crippen LogP contribution in [0.5, 0.6) is 0 Å². The van der Waals surface area contributed by atoms with Crippen LogP contribution >= 0.6 is 12.2 Å². The molecule has 4 aliphatic heterocycles. The molecule has 0 spiro atoms. The van der Waals surface area contributed by atoms with Crippen molar-refractivity contribution in [2.24, 2.45) is 11.0 Å². The molecule has 4 bridgehead atoms. The van der Waals surface area contributed by atoms with Crippen molar-refractivity contribution in [3.8, 4) is 0 Å². The zero-order valence-corrected chi connectivity index (χ0v) is 16.7. The van der Waals surface area contributed by atoms with Crippen LogP contribution in [0.4, 0.5) is 5.69 Å². The van der Waals surface area contributed by atoms with Gasteiger partial charge in [-0.2, -0.15) is 5.10 Å². The van der Waals surface area contributed by atoms with Gasteiger partial charge in [-0.15, -0.1) is 0 Å². The molecule has 28 heavy (non-hydrogen) atoms. The van der Waals surface area contributed by atoms with Gasteiger partial charge in [0.25, 0.3) is 0 Å². The van der Waals surface area contributed by atoms with Gasteiger partial charge in [-0.25, -0.2) is 0 Å². The molecular formula is C22H25N5S. The molecule has 2 aromatic carbocycles. The minimum atomic E-state index is -0.0612. The van der Waals surface area contributed by atoms with E-state index in [0.29, 0.717) is 11.0 Å². The molecule has 0 saturated carbocycles. The van der Waals surface area contributed by atoms with Gasteiger partial charge in [0.1, 0.15) is 0 Å². The van der Waals surface area contributed by atoms with Gasteiger partial charge in [0, 0.05) is 50.9 Å². The lowest BCUT2D eigenvalue weighted by molar-refractivity contribution is 0.163. The molecule has 144 valence electrons. The number of fused-ring (bicyclic) bond motifs is 1. The van der Waals surface area contributed by atoms with Gasteiger partial charge < -0.3 is 15.1 Å². The summed E-state index contributed by atoms with van der Waals surface area (Å²) in [6.07, 6.45) is 0. The van der Waals surface area contributed by atoms with E-state index in [9.17, 15) is 0 Å². The second-order valence-electron chi connectivity index (χ2n) is 8.04. The maximum atomic E-state index is 5.50. The highest BCUT2D eigenvalue weighted by Gasteiger charge is 2.53. The number of nitrogens with zero attached hydrogens (tertiary/aromatic N) is 3. The summed E-state index contributed by atoms with van der Waals surface area (Å²) >= 11 is 5.50. The summed E-state index contributed by atoms with van der Waals surface area (Å²) in [4.78, 5) is 5.23. The van der Waals surface area contributed by atoms with E-state index < -0.39 is 0 Å². The molecular weight excluding hydrogens is 366 g/mol. The number of benzene rings is 2. The highest BCUT2D eigenvalue weighted by Crippen LogP contribution is 2.40. The Labute approximate surface area is 171 Å². The lowest BCUT2D eigenvalue weighted by Gasteiger charge is -2.50. The van der Waals surface area contributed by atoms with Gasteiger partial charge in [-0.1, -0.05) is 48.5 Å². The van der Waals surface area contributed by atoms with Crippen LogP contribution in [0.2, 0.25) is 0 Å². The molecule has 6 rings (SSSR count). The van der Waals surface area contributed by atoms with Gasteiger partial charge in [0.05, 0.1) is 11.1 Å². The Morgan fingerprint density at radius 1 is 0.929 bits per heavy atom. The lowest BCUT2D eigenvalue weighted by Crippen LogP contribution is -2.64. The Balaban J connectivity index is 1.45. The summed E-state index contributed by atoms with van der Waals surface area (Å²) in [5.74, 6) is 0.442. The minimum absolute atomic E-state index is 0.0612. The van der Waals surface area contributed by atoms with Crippen LogP contribution in [0.1, 0.15) is 5.56 Å².